The molecule has 0 radical (unpaired) electrons. The van der Waals surface area contributed by atoms with E-state index in [1.54, 1.807) is 0 Å². The van der Waals surface area contributed by atoms with Gasteiger partial charge < -0.3 is 0 Å². The zero-order valence-electron chi connectivity index (χ0n) is 12.2. The molecule has 0 unspecified atom stereocenters. The van der Waals surface area contributed by atoms with Crippen LogP contribution in [0.15, 0.2) is 41.9 Å². The number of nitrogens with zero attached hydrogens (tertiary/aromatic N) is 1. The molecule has 0 aliphatic heterocycles. The summed E-state index contributed by atoms with van der Waals surface area (Å²) in [4.78, 5) is 4.55. The van der Waals surface area contributed by atoms with Gasteiger partial charge in [0, 0.05) is 17.0 Å². The van der Waals surface area contributed by atoms with E-state index in [1.165, 1.54) is 49.1 Å². The summed E-state index contributed by atoms with van der Waals surface area (Å²) >= 11 is 1.83. The van der Waals surface area contributed by atoms with Gasteiger partial charge in [0.25, 0.3) is 0 Å². The van der Waals surface area contributed by atoms with Crippen molar-refractivity contribution >= 4 is 11.3 Å². The molecule has 1 nitrogen and oxygen atoms in total. The third-order valence-corrected chi connectivity index (χ3v) is 5.92. The fourth-order valence-electron chi connectivity index (χ4n) is 3.35. The van der Waals surface area contributed by atoms with Gasteiger partial charge in [-0.1, -0.05) is 37.3 Å². The van der Waals surface area contributed by atoms with Crippen molar-refractivity contribution in [3.63, 3.8) is 0 Å². The van der Waals surface area contributed by atoms with Crippen LogP contribution in [-0.2, 0) is 11.8 Å². The van der Waals surface area contributed by atoms with Gasteiger partial charge in [-0.3, -0.25) is 0 Å². The highest BCUT2D eigenvalue weighted by Gasteiger charge is 2.34. The number of benzene rings is 1. The van der Waals surface area contributed by atoms with Crippen LogP contribution in [0, 0.1) is 5.92 Å². The highest BCUT2D eigenvalue weighted by Crippen LogP contribution is 2.43. The summed E-state index contributed by atoms with van der Waals surface area (Å²) in [6, 6.07) is 10.9. The number of aryl methyl sites for hydroxylation is 1. The molecule has 2 heteroatoms. The lowest BCUT2D eigenvalue weighted by atomic mass is 9.71. The smallest absolute Gasteiger partial charge is 0.0983 e. The third-order valence-electron chi connectivity index (χ3n) is 4.84. The van der Waals surface area contributed by atoms with E-state index >= 15 is 0 Å². The highest BCUT2D eigenvalue weighted by atomic mass is 32.1. The molecule has 106 valence electrons. The number of hydrogen-bond acceptors (Lipinski definition) is 2. The molecule has 1 heterocycles. The van der Waals surface area contributed by atoms with E-state index in [0.717, 1.165) is 5.92 Å². The zero-order valence-corrected chi connectivity index (χ0v) is 13.0. The highest BCUT2D eigenvalue weighted by molar-refractivity contribution is 7.09. The average Bonchev–Trinajstić information content (AvgIpc) is 3.03. The summed E-state index contributed by atoms with van der Waals surface area (Å²) in [5.41, 5.74) is 1.83. The first-order valence-electron chi connectivity index (χ1n) is 7.70. The molecule has 0 spiro atoms. The van der Waals surface area contributed by atoms with Gasteiger partial charge >= 0.3 is 0 Å². The largest absolute Gasteiger partial charge is 0.249 e. The molecule has 1 aliphatic rings. The minimum Gasteiger partial charge on any atom is -0.249 e. The third kappa shape index (κ3) is 3.12. The molecule has 1 aliphatic carbocycles. The summed E-state index contributed by atoms with van der Waals surface area (Å²) in [7, 11) is 0. The van der Waals surface area contributed by atoms with Crippen molar-refractivity contribution in [2.45, 2.75) is 50.9 Å². The summed E-state index contributed by atoms with van der Waals surface area (Å²) < 4.78 is 0. The van der Waals surface area contributed by atoms with Gasteiger partial charge in [0.2, 0.25) is 0 Å². The molecule has 0 bridgehead atoms. The molecule has 1 fully saturated rings. The SMILES string of the molecule is CC1(c2nccs2)CCC(CCc2ccccc2)CC1. The average molecular weight is 285 g/mol. The monoisotopic (exact) mass is 285 g/mol. The molecule has 3 rings (SSSR count). The van der Waals surface area contributed by atoms with Gasteiger partial charge in [-0.05, 0) is 50.0 Å². The van der Waals surface area contributed by atoms with Crippen molar-refractivity contribution < 1.29 is 0 Å². The van der Waals surface area contributed by atoms with Crippen LogP contribution < -0.4 is 0 Å². The summed E-state index contributed by atoms with van der Waals surface area (Å²) in [6.45, 7) is 2.40. The molecular formula is C18H23NS. The molecule has 20 heavy (non-hydrogen) atoms. The van der Waals surface area contributed by atoms with Crippen LogP contribution in [0.5, 0.6) is 0 Å². The Bertz CT molecular complexity index is 510. The van der Waals surface area contributed by atoms with E-state index in [9.17, 15) is 0 Å². The fourth-order valence-corrected chi connectivity index (χ4v) is 4.22. The Balaban J connectivity index is 1.51. The Hall–Kier alpha value is -1.15. The van der Waals surface area contributed by atoms with Crippen LogP contribution in [0.2, 0.25) is 0 Å². The van der Waals surface area contributed by atoms with Crippen molar-refractivity contribution in [1.29, 1.82) is 0 Å². The fraction of sp³-hybridized carbons (Fsp3) is 0.500. The number of hydrogen-bond donors (Lipinski definition) is 0. The summed E-state index contributed by atoms with van der Waals surface area (Å²) in [5, 5.41) is 3.46. The van der Waals surface area contributed by atoms with Crippen LogP contribution in [0.25, 0.3) is 0 Å². The van der Waals surface area contributed by atoms with Gasteiger partial charge in [0.1, 0.15) is 0 Å². The second kappa shape index (κ2) is 6.09. The topological polar surface area (TPSA) is 12.9 Å². The van der Waals surface area contributed by atoms with E-state index in [2.05, 4.69) is 47.6 Å². The first kappa shape index (κ1) is 13.8. The van der Waals surface area contributed by atoms with Gasteiger partial charge in [0.05, 0.1) is 5.01 Å². The van der Waals surface area contributed by atoms with Crippen molar-refractivity contribution in [3.05, 3.63) is 52.5 Å². The van der Waals surface area contributed by atoms with Crippen LogP contribution in [-0.4, -0.2) is 4.98 Å². The van der Waals surface area contributed by atoms with E-state index in [1.807, 2.05) is 17.5 Å². The van der Waals surface area contributed by atoms with Gasteiger partial charge in [-0.15, -0.1) is 11.3 Å². The predicted molar refractivity (Wildman–Crippen MR) is 86.2 cm³/mol. The molecule has 1 saturated carbocycles. The van der Waals surface area contributed by atoms with E-state index in [0.29, 0.717) is 5.41 Å². The Morgan fingerprint density at radius 2 is 1.95 bits per heavy atom. The van der Waals surface area contributed by atoms with Crippen LogP contribution in [0.3, 0.4) is 0 Å². The molecule has 0 N–H and O–H groups in total. The minimum atomic E-state index is 0.345. The van der Waals surface area contributed by atoms with Crippen molar-refractivity contribution in [3.8, 4) is 0 Å². The van der Waals surface area contributed by atoms with Crippen LogP contribution in [0.4, 0.5) is 0 Å². The van der Waals surface area contributed by atoms with Gasteiger partial charge in [-0.25, -0.2) is 4.98 Å². The number of thiazole rings is 1. The van der Waals surface area contributed by atoms with Crippen molar-refractivity contribution in [2.24, 2.45) is 5.92 Å². The molecule has 0 amide bonds. The van der Waals surface area contributed by atoms with Gasteiger partial charge in [-0.2, -0.15) is 0 Å². The van der Waals surface area contributed by atoms with E-state index in [-0.39, 0.29) is 0 Å². The number of rotatable bonds is 4. The minimum absolute atomic E-state index is 0.345. The quantitative estimate of drug-likeness (QED) is 0.750. The van der Waals surface area contributed by atoms with Gasteiger partial charge in [0.15, 0.2) is 0 Å². The predicted octanol–water partition coefficient (Wildman–Crippen LogP) is 5.22. The Morgan fingerprint density at radius 3 is 2.60 bits per heavy atom. The lowest BCUT2D eigenvalue weighted by molar-refractivity contribution is 0.238. The van der Waals surface area contributed by atoms with E-state index < -0.39 is 0 Å². The lowest BCUT2D eigenvalue weighted by Gasteiger charge is -2.36. The maximum absolute atomic E-state index is 4.55. The summed E-state index contributed by atoms with van der Waals surface area (Å²) in [5.74, 6) is 0.906. The molecule has 1 aromatic carbocycles. The lowest BCUT2D eigenvalue weighted by Crippen LogP contribution is -2.28. The first-order valence-corrected chi connectivity index (χ1v) is 8.58. The Kier molecular flexibility index (Phi) is 4.21. The maximum Gasteiger partial charge on any atom is 0.0983 e. The second-order valence-corrected chi connectivity index (χ2v) is 7.26. The van der Waals surface area contributed by atoms with Crippen LogP contribution >= 0.6 is 11.3 Å². The molecule has 0 saturated heterocycles. The Labute approximate surface area is 126 Å². The zero-order chi connectivity index (χ0) is 13.8. The standard InChI is InChI=1S/C18H23NS/c1-18(17-19-13-14-20-17)11-9-16(10-12-18)8-7-15-5-3-2-4-6-15/h2-6,13-14,16H,7-12H2,1H3. The molecule has 1 aromatic heterocycles. The second-order valence-electron chi connectivity index (χ2n) is 6.37. The van der Waals surface area contributed by atoms with Crippen LogP contribution in [0.1, 0.15) is 49.6 Å². The Morgan fingerprint density at radius 1 is 1.20 bits per heavy atom. The molecule has 2 aromatic rings. The normalized spacial score (nSPS) is 26.6. The summed E-state index contributed by atoms with van der Waals surface area (Å²) in [6.07, 6.45) is 9.87. The number of aromatic nitrogens is 1. The maximum atomic E-state index is 4.55. The van der Waals surface area contributed by atoms with Crippen molar-refractivity contribution in [2.75, 3.05) is 0 Å². The van der Waals surface area contributed by atoms with Crippen molar-refractivity contribution in [1.82, 2.24) is 4.98 Å². The van der Waals surface area contributed by atoms with E-state index in [4.69, 9.17) is 0 Å². The molecule has 0 atom stereocenters. The molecular weight excluding hydrogens is 262 g/mol. The first-order chi connectivity index (χ1) is 9.76.